The van der Waals surface area contributed by atoms with Crippen LogP contribution in [0, 0.1) is 0 Å². The molecule has 2 aromatic heterocycles. The molecule has 3 aromatic carbocycles. The number of benzene rings is 3. The number of rotatable bonds is 6. The minimum Gasteiger partial charge on any atom is -0.497 e. The van der Waals surface area contributed by atoms with E-state index in [-0.39, 0.29) is 12.5 Å². The lowest BCUT2D eigenvalue weighted by molar-refractivity contribution is -0.116. The molecule has 35 heavy (non-hydrogen) atoms. The second-order valence-corrected chi connectivity index (χ2v) is 8.82. The molecule has 0 bridgehead atoms. The first-order chi connectivity index (χ1) is 17.0. The van der Waals surface area contributed by atoms with E-state index < -0.39 is 0 Å². The first-order valence-electron chi connectivity index (χ1n) is 11.0. The first-order valence-corrected chi connectivity index (χ1v) is 11.7. The summed E-state index contributed by atoms with van der Waals surface area (Å²) in [5.74, 6) is 0.543. The van der Waals surface area contributed by atoms with Crippen molar-refractivity contribution in [2.45, 2.75) is 6.54 Å². The van der Waals surface area contributed by atoms with E-state index in [1.165, 1.54) is 6.08 Å². The molecule has 0 saturated heterocycles. The van der Waals surface area contributed by atoms with E-state index in [1.807, 2.05) is 48.5 Å². The Bertz CT molecular complexity index is 1570. The summed E-state index contributed by atoms with van der Waals surface area (Å²) in [7, 11) is 1.64. The van der Waals surface area contributed by atoms with E-state index in [0.717, 1.165) is 50.1 Å². The summed E-state index contributed by atoms with van der Waals surface area (Å²) in [4.78, 5) is 20.9. The monoisotopic (exact) mass is 501 g/mol. The van der Waals surface area contributed by atoms with Crippen molar-refractivity contribution in [3.05, 3.63) is 100 Å². The van der Waals surface area contributed by atoms with Gasteiger partial charge in [-0.25, -0.2) is 4.98 Å². The average molecular weight is 502 g/mol. The number of aromatic amines is 1. The number of pyridine rings is 1. The predicted octanol–water partition coefficient (Wildman–Crippen LogP) is 7.03. The van der Waals surface area contributed by atoms with E-state index in [9.17, 15) is 4.79 Å². The summed E-state index contributed by atoms with van der Waals surface area (Å²) >= 11 is 12.0. The van der Waals surface area contributed by atoms with E-state index in [2.05, 4.69) is 16.4 Å². The molecule has 1 amide bonds. The van der Waals surface area contributed by atoms with Crippen molar-refractivity contribution >= 4 is 57.0 Å². The van der Waals surface area contributed by atoms with E-state index in [1.54, 1.807) is 31.4 Å². The van der Waals surface area contributed by atoms with Gasteiger partial charge in [0, 0.05) is 27.9 Å². The number of fused-ring (bicyclic) bond motifs is 3. The SMILES string of the molecule is COc1ccc(-c2nc(CNC(=O)/C=C/c3ccc(Cl)c(Cl)c3)cc3c2[nH]c2ccccc23)cc1. The predicted molar refractivity (Wildman–Crippen MR) is 143 cm³/mol. The molecule has 7 heteroatoms. The number of H-pyrrole nitrogens is 1. The van der Waals surface area contributed by atoms with Gasteiger partial charge in [0.2, 0.25) is 5.91 Å². The van der Waals surface area contributed by atoms with Gasteiger partial charge >= 0.3 is 0 Å². The van der Waals surface area contributed by atoms with Crippen molar-refractivity contribution < 1.29 is 9.53 Å². The zero-order valence-corrected chi connectivity index (χ0v) is 20.3. The van der Waals surface area contributed by atoms with Crippen LogP contribution in [0.5, 0.6) is 5.75 Å². The van der Waals surface area contributed by atoms with Crippen LogP contribution in [-0.2, 0) is 11.3 Å². The van der Waals surface area contributed by atoms with Crippen LogP contribution in [0.25, 0.3) is 39.1 Å². The van der Waals surface area contributed by atoms with Gasteiger partial charge in [-0.3, -0.25) is 4.79 Å². The topological polar surface area (TPSA) is 67.0 Å². The lowest BCUT2D eigenvalue weighted by Crippen LogP contribution is -2.21. The maximum atomic E-state index is 12.5. The molecule has 0 aliphatic carbocycles. The summed E-state index contributed by atoms with van der Waals surface area (Å²) in [5.41, 5.74) is 5.29. The molecule has 2 heterocycles. The van der Waals surface area contributed by atoms with Crippen LogP contribution < -0.4 is 10.1 Å². The van der Waals surface area contributed by atoms with Crippen LogP contribution in [0.2, 0.25) is 10.0 Å². The molecule has 174 valence electrons. The van der Waals surface area contributed by atoms with Gasteiger partial charge in [0.1, 0.15) is 5.75 Å². The number of halogens is 2. The summed E-state index contributed by atoms with van der Waals surface area (Å²) < 4.78 is 5.30. The molecule has 0 aliphatic heterocycles. The highest BCUT2D eigenvalue weighted by molar-refractivity contribution is 6.42. The zero-order chi connectivity index (χ0) is 24.4. The minimum absolute atomic E-state index is 0.233. The van der Waals surface area contributed by atoms with E-state index >= 15 is 0 Å². The highest BCUT2D eigenvalue weighted by Gasteiger charge is 2.14. The Morgan fingerprint density at radius 1 is 1.00 bits per heavy atom. The van der Waals surface area contributed by atoms with Crippen LogP contribution in [-0.4, -0.2) is 23.0 Å². The largest absolute Gasteiger partial charge is 0.497 e. The number of aromatic nitrogens is 2. The number of carbonyl (C=O) groups is 1. The normalized spacial score (nSPS) is 11.4. The van der Waals surface area contributed by atoms with Gasteiger partial charge in [0.25, 0.3) is 0 Å². The Balaban J connectivity index is 1.45. The molecule has 0 unspecified atom stereocenters. The number of carbonyl (C=O) groups excluding carboxylic acids is 1. The standard InChI is InChI=1S/C28H21Cl2N3O2/c1-35-20-10-8-18(9-11-20)27-28-22(21-4-2-3-5-25(21)33-28)15-19(32-27)16-31-26(34)13-7-17-6-12-23(29)24(30)14-17/h2-15,33H,16H2,1H3,(H,31,34)/b13-7+. The van der Waals surface area contributed by atoms with Crippen molar-refractivity contribution in [1.29, 1.82) is 0 Å². The molecule has 0 spiro atoms. The van der Waals surface area contributed by atoms with Gasteiger partial charge in [0.15, 0.2) is 0 Å². The number of ether oxygens (including phenoxy) is 1. The van der Waals surface area contributed by atoms with Crippen LogP contribution in [0.4, 0.5) is 0 Å². The highest BCUT2D eigenvalue weighted by atomic mass is 35.5. The van der Waals surface area contributed by atoms with Gasteiger partial charge in [-0.15, -0.1) is 0 Å². The molecule has 0 aliphatic rings. The number of hydrogen-bond acceptors (Lipinski definition) is 3. The fraction of sp³-hybridized carbons (Fsp3) is 0.0714. The summed E-state index contributed by atoms with van der Waals surface area (Å²) in [5, 5.41) is 5.99. The lowest BCUT2D eigenvalue weighted by atomic mass is 10.1. The summed E-state index contributed by atoms with van der Waals surface area (Å²) in [6.45, 7) is 0.281. The van der Waals surface area contributed by atoms with Gasteiger partial charge < -0.3 is 15.0 Å². The number of nitrogens with one attached hydrogen (secondary N) is 2. The van der Waals surface area contributed by atoms with E-state index in [0.29, 0.717) is 10.0 Å². The third-order valence-electron chi connectivity index (χ3n) is 5.73. The fourth-order valence-corrected chi connectivity index (χ4v) is 4.28. The Hall–Kier alpha value is -3.80. The average Bonchev–Trinajstić information content (AvgIpc) is 3.26. The van der Waals surface area contributed by atoms with E-state index in [4.69, 9.17) is 32.9 Å². The third kappa shape index (κ3) is 4.87. The molecular weight excluding hydrogens is 481 g/mol. The van der Waals surface area contributed by atoms with Crippen LogP contribution in [0.3, 0.4) is 0 Å². The third-order valence-corrected chi connectivity index (χ3v) is 6.47. The number of para-hydroxylation sites is 1. The van der Waals surface area contributed by atoms with Crippen LogP contribution in [0.1, 0.15) is 11.3 Å². The number of nitrogens with zero attached hydrogens (tertiary/aromatic N) is 1. The molecule has 5 rings (SSSR count). The second kappa shape index (κ2) is 9.82. The molecular formula is C28H21Cl2N3O2. The maximum Gasteiger partial charge on any atom is 0.244 e. The van der Waals surface area contributed by atoms with Gasteiger partial charge in [-0.05, 0) is 60.2 Å². The lowest BCUT2D eigenvalue weighted by Gasteiger charge is -2.09. The molecule has 2 N–H and O–H groups in total. The Morgan fingerprint density at radius 2 is 1.80 bits per heavy atom. The van der Waals surface area contributed by atoms with Crippen molar-refractivity contribution in [3.63, 3.8) is 0 Å². The zero-order valence-electron chi connectivity index (χ0n) is 18.8. The summed E-state index contributed by atoms with van der Waals surface area (Å²) in [6.07, 6.45) is 3.16. The van der Waals surface area contributed by atoms with Gasteiger partial charge in [0.05, 0.1) is 40.6 Å². The molecule has 0 saturated carbocycles. The van der Waals surface area contributed by atoms with Crippen molar-refractivity contribution in [2.75, 3.05) is 7.11 Å². The first kappa shape index (κ1) is 23.0. The molecule has 0 fully saturated rings. The smallest absolute Gasteiger partial charge is 0.244 e. The molecule has 0 radical (unpaired) electrons. The fourth-order valence-electron chi connectivity index (χ4n) is 3.97. The number of amides is 1. The highest BCUT2D eigenvalue weighted by Crippen LogP contribution is 2.33. The van der Waals surface area contributed by atoms with Crippen LogP contribution in [0.15, 0.2) is 78.9 Å². The van der Waals surface area contributed by atoms with Gasteiger partial charge in [-0.2, -0.15) is 0 Å². The minimum atomic E-state index is -0.233. The maximum absolute atomic E-state index is 12.5. The quantitative estimate of drug-likeness (QED) is 0.245. The summed E-state index contributed by atoms with van der Waals surface area (Å²) in [6, 6.07) is 23.1. The second-order valence-electron chi connectivity index (χ2n) is 8.01. The van der Waals surface area contributed by atoms with Crippen molar-refractivity contribution in [2.24, 2.45) is 0 Å². The molecule has 0 atom stereocenters. The Kier molecular flexibility index (Phi) is 6.45. The van der Waals surface area contributed by atoms with Crippen molar-refractivity contribution in [1.82, 2.24) is 15.3 Å². The molecule has 5 aromatic rings. The van der Waals surface area contributed by atoms with Crippen LogP contribution >= 0.6 is 23.2 Å². The van der Waals surface area contributed by atoms with Gasteiger partial charge in [-0.1, -0.05) is 47.5 Å². The number of methoxy groups -OCH3 is 1. The molecule has 5 nitrogen and oxygen atoms in total. The Labute approximate surface area is 212 Å². The Morgan fingerprint density at radius 3 is 2.57 bits per heavy atom. The van der Waals surface area contributed by atoms with Crippen molar-refractivity contribution in [3.8, 4) is 17.0 Å². The number of hydrogen-bond donors (Lipinski definition) is 2.